The van der Waals surface area contributed by atoms with Gasteiger partial charge in [0.2, 0.25) is 10.0 Å². The molecule has 0 unspecified atom stereocenters. The van der Waals surface area contributed by atoms with E-state index >= 15 is 0 Å². The summed E-state index contributed by atoms with van der Waals surface area (Å²) in [6, 6.07) is 11.3. The summed E-state index contributed by atoms with van der Waals surface area (Å²) in [7, 11) is -4.28. The van der Waals surface area contributed by atoms with Gasteiger partial charge in [0.1, 0.15) is 11.6 Å². The normalized spacial score (nSPS) is 13.1. The van der Waals surface area contributed by atoms with Crippen molar-refractivity contribution >= 4 is 10.0 Å². The molecular weight excluding hydrogens is 296 g/mol. The van der Waals surface area contributed by atoms with Crippen molar-refractivity contribution in [2.24, 2.45) is 0 Å². The highest BCUT2D eigenvalue weighted by Crippen LogP contribution is 2.23. The molecule has 0 amide bonds. The van der Waals surface area contributed by atoms with Crippen molar-refractivity contribution in [1.82, 2.24) is 4.72 Å². The molecule has 112 valence electrons. The summed E-state index contributed by atoms with van der Waals surface area (Å²) >= 11 is 0. The molecule has 6 heteroatoms. The van der Waals surface area contributed by atoms with E-state index in [1.54, 1.807) is 37.3 Å². The first-order valence-electron chi connectivity index (χ1n) is 6.47. The molecule has 3 nitrogen and oxygen atoms in total. The maximum Gasteiger partial charge on any atom is 0.246 e. The van der Waals surface area contributed by atoms with Gasteiger partial charge in [-0.05, 0) is 24.1 Å². The molecule has 1 N–H and O–H groups in total. The Hall–Kier alpha value is -1.79. The van der Waals surface area contributed by atoms with Crippen LogP contribution in [0.3, 0.4) is 0 Å². The minimum atomic E-state index is -4.28. The van der Waals surface area contributed by atoms with Gasteiger partial charge >= 0.3 is 0 Å². The molecule has 21 heavy (non-hydrogen) atoms. The molecule has 0 aliphatic rings. The molecule has 0 aromatic heterocycles. The van der Waals surface area contributed by atoms with Crippen LogP contribution in [0.25, 0.3) is 0 Å². The minimum Gasteiger partial charge on any atom is -0.207 e. The number of nitrogens with one attached hydrogen (secondary N) is 1. The van der Waals surface area contributed by atoms with Crippen molar-refractivity contribution in [1.29, 1.82) is 0 Å². The molecule has 0 aliphatic carbocycles. The second kappa shape index (κ2) is 6.32. The van der Waals surface area contributed by atoms with Crippen molar-refractivity contribution in [3.63, 3.8) is 0 Å². The van der Waals surface area contributed by atoms with Gasteiger partial charge in [0.25, 0.3) is 0 Å². The van der Waals surface area contributed by atoms with Crippen LogP contribution in [0.2, 0.25) is 0 Å². The van der Waals surface area contributed by atoms with Crippen LogP contribution in [0.5, 0.6) is 0 Å². The first kappa shape index (κ1) is 15.6. The minimum absolute atomic E-state index is 0.458. The Morgan fingerprint density at radius 3 is 2.10 bits per heavy atom. The van der Waals surface area contributed by atoms with Gasteiger partial charge in [-0.15, -0.1) is 0 Å². The zero-order valence-electron chi connectivity index (χ0n) is 11.4. The fourth-order valence-corrected chi connectivity index (χ4v) is 3.50. The predicted molar refractivity (Wildman–Crippen MR) is 76.2 cm³/mol. The first-order valence-corrected chi connectivity index (χ1v) is 7.95. The average molecular weight is 311 g/mol. The maximum atomic E-state index is 13.6. The molecule has 0 fully saturated rings. The van der Waals surface area contributed by atoms with Crippen LogP contribution >= 0.6 is 0 Å². The quantitative estimate of drug-likeness (QED) is 0.920. The lowest BCUT2D eigenvalue weighted by molar-refractivity contribution is 0.504. The number of halogens is 2. The molecule has 0 radical (unpaired) electrons. The first-order chi connectivity index (χ1) is 9.95. The fraction of sp³-hybridized carbons (Fsp3) is 0.200. The lowest BCUT2D eigenvalue weighted by Crippen LogP contribution is -2.29. The lowest BCUT2D eigenvalue weighted by atomic mass is 10.1. The van der Waals surface area contributed by atoms with Crippen LogP contribution in [-0.4, -0.2) is 8.42 Å². The summed E-state index contributed by atoms with van der Waals surface area (Å²) in [5.41, 5.74) is 0.736. The largest absolute Gasteiger partial charge is 0.246 e. The number of sulfonamides is 1. The maximum absolute atomic E-state index is 13.6. The van der Waals surface area contributed by atoms with Gasteiger partial charge in [-0.1, -0.05) is 43.3 Å². The molecular formula is C15H15F2NO2S. The SMILES string of the molecule is CC[C@H](NS(=O)(=O)c1c(F)cccc1F)c1ccccc1. The summed E-state index contributed by atoms with van der Waals surface area (Å²) in [4.78, 5) is -0.945. The molecule has 0 bridgehead atoms. The molecule has 0 aliphatic heterocycles. The van der Waals surface area contributed by atoms with E-state index in [1.165, 1.54) is 0 Å². The van der Waals surface area contributed by atoms with E-state index in [1.807, 2.05) is 0 Å². The summed E-state index contributed by atoms with van der Waals surface area (Å²) in [5, 5.41) is 0. The zero-order valence-corrected chi connectivity index (χ0v) is 12.2. The summed E-state index contributed by atoms with van der Waals surface area (Å²) in [6.45, 7) is 1.79. The van der Waals surface area contributed by atoms with Crippen LogP contribution in [-0.2, 0) is 10.0 Å². The van der Waals surface area contributed by atoms with Gasteiger partial charge in [0.15, 0.2) is 4.90 Å². The summed E-state index contributed by atoms with van der Waals surface area (Å²) < 4.78 is 54.1. The van der Waals surface area contributed by atoms with Gasteiger partial charge in [-0.3, -0.25) is 0 Å². The third-order valence-electron chi connectivity index (χ3n) is 3.10. The van der Waals surface area contributed by atoms with E-state index in [-0.39, 0.29) is 0 Å². The second-order valence-corrected chi connectivity index (χ2v) is 6.19. The smallest absolute Gasteiger partial charge is 0.207 e. The number of hydrogen-bond donors (Lipinski definition) is 1. The topological polar surface area (TPSA) is 46.2 Å². The highest BCUT2D eigenvalue weighted by Gasteiger charge is 2.26. The molecule has 2 aromatic carbocycles. The van der Waals surface area contributed by atoms with E-state index in [0.717, 1.165) is 23.8 Å². The lowest BCUT2D eigenvalue weighted by Gasteiger charge is -2.18. The Morgan fingerprint density at radius 2 is 1.57 bits per heavy atom. The highest BCUT2D eigenvalue weighted by molar-refractivity contribution is 7.89. The van der Waals surface area contributed by atoms with Crippen LogP contribution < -0.4 is 4.72 Å². The Labute approximate surface area is 122 Å². The summed E-state index contributed by atoms with van der Waals surface area (Å²) in [5.74, 6) is -2.21. The van der Waals surface area contributed by atoms with Crippen molar-refractivity contribution in [3.05, 3.63) is 65.7 Å². The van der Waals surface area contributed by atoms with Crippen molar-refractivity contribution in [2.45, 2.75) is 24.3 Å². The molecule has 2 aromatic rings. The van der Waals surface area contributed by atoms with E-state index < -0.39 is 32.6 Å². The molecule has 0 saturated carbocycles. The Balaban J connectivity index is 2.37. The second-order valence-electron chi connectivity index (χ2n) is 4.54. The molecule has 0 spiro atoms. The van der Waals surface area contributed by atoms with Crippen LogP contribution in [0.15, 0.2) is 53.4 Å². The fourth-order valence-electron chi connectivity index (χ4n) is 2.06. The van der Waals surface area contributed by atoms with Crippen LogP contribution in [0.1, 0.15) is 24.9 Å². The van der Waals surface area contributed by atoms with Gasteiger partial charge in [-0.2, -0.15) is 0 Å². The van der Waals surface area contributed by atoms with Crippen LogP contribution in [0, 0.1) is 11.6 Å². The van der Waals surface area contributed by atoms with Crippen molar-refractivity contribution < 1.29 is 17.2 Å². The molecule has 1 atom stereocenters. The van der Waals surface area contributed by atoms with E-state index in [0.29, 0.717) is 6.42 Å². The summed E-state index contributed by atoms with van der Waals surface area (Å²) in [6.07, 6.45) is 0.458. The number of hydrogen-bond acceptors (Lipinski definition) is 2. The van der Waals surface area contributed by atoms with Crippen molar-refractivity contribution in [2.75, 3.05) is 0 Å². The van der Waals surface area contributed by atoms with E-state index in [2.05, 4.69) is 4.72 Å². The average Bonchev–Trinajstić information content (AvgIpc) is 2.45. The molecule has 0 saturated heterocycles. The zero-order chi connectivity index (χ0) is 15.5. The highest BCUT2D eigenvalue weighted by atomic mass is 32.2. The van der Waals surface area contributed by atoms with Gasteiger partial charge in [0, 0.05) is 6.04 Å². The van der Waals surface area contributed by atoms with Gasteiger partial charge in [0.05, 0.1) is 0 Å². The Bertz CT molecular complexity index is 697. The Morgan fingerprint density at radius 1 is 1.00 bits per heavy atom. The Kier molecular flexibility index (Phi) is 4.69. The van der Waals surface area contributed by atoms with Gasteiger partial charge in [-0.25, -0.2) is 21.9 Å². The number of rotatable bonds is 5. The third kappa shape index (κ3) is 3.46. The van der Waals surface area contributed by atoms with Crippen molar-refractivity contribution in [3.8, 4) is 0 Å². The van der Waals surface area contributed by atoms with Crippen LogP contribution in [0.4, 0.5) is 8.78 Å². The monoisotopic (exact) mass is 311 g/mol. The number of benzene rings is 2. The van der Waals surface area contributed by atoms with E-state index in [4.69, 9.17) is 0 Å². The third-order valence-corrected chi connectivity index (χ3v) is 4.62. The van der Waals surface area contributed by atoms with Gasteiger partial charge < -0.3 is 0 Å². The molecule has 2 rings (SSSR count). The van der Waals surface area contributed by atoms with E-state index in [9.17, 15) is 17.2 Å². The standard InChI is InChI=1S/C15H15F2NO2S/c1-2-14(11-7-4-3-5-8-11)18-21(19,20)15-12(16)9-6-10-13(15)17/h3-10,14,18H,2H2,1H3/t14-/m0/s1. The predicted octanol–water partition coefficient (Wildman–Crippen LogP) is 3.39. The molecule has 0 heterocycles.